The summed E-state index contributed by atoms with van der Waals surface area (Å²) in [6, 6.07) is 10.3. The zero-order valence-corrected chi connectivity index (χ0v) is 13.9. The summed E-state index contributed by atoms with van der Waals surface area (Å²) in [6.07, 6.45) is 0.930. The highest BCUT2D eigenvalue weighted by Gasteiger charge is 2.13. The number of benzene rings is 2. The molecule has 0 aromatic heterocycles. The molecular weight excluding hydrogens is 333 g/mol. The van der Waals surface area contributed by atoms with Gasteiger partial charge in [0, 0.05) is 11.8 Å². The lowest BCUT2D eigenvalue weighted by atomic mass is 10.1. The van der Waals surface area contributed by atoms with Gasteiger partial charge >= 0.3 is 12.6 Å². The number of carbonyl (C=O) groups is 1. The van der Waals surface area contributed by atoms with Crippen molar-refractivity contribution in [2.45, 2.75) is 32.9 Å². The number of aryl methyl sites for hydroxylation is 1. The molecule has 2 aromatic rings. The second-order valence-corrected chi connectivity index (χ2v) is 5.44. The van der Waals surface area contributed by atoms with Gasteiger partial charge in [-0.3, -0.25) is 0 Å². The molecule has 0 saturated carbocycles. The maximum absolute atomic E-state index is 13.6. The van der Waals surface area contributed by atoms with Gasteiger partial charge in [-0.05, 0) is 36.6 Å². The average molecular weight is 352 g/mol. The molecule has 0 spiro atoms. The summed E-state index contributed by atoms with van der Waals surface area (Å²) >= 11 is 0. The van der Waals surface area contributed by atoms with Crippen LogP contribution in [0.25, 0.3) is 0 Å². The van der Waals surface area contributed by atoms with Gasteiger partial charge in [0.1, 0.15) is 0 Å². The van der Waals surface area contributed by atoms with E-state index >= 15 is 0 Å². The first-order valence-electron chi connectivity index (χ1n) is 7.79. The quantitative estimate of drug-likeness (QED) is 0.779. The maximum atomic E-state index is 13.6. The predicted octanol–water partition coefficient (Wildman–Crippen LogP) is 4.87. The van der Waals surface area contributed by atoms with E-state index in [-0.39, 0.29) is 11.7 Å². The topological polar surface area (TPSA) is 50.4 Å². The molecule has 0 bridgehead atoms. The molecule has 0 radical (unpaired) electrons. The predicted molar refractivity (Wildman–Crippen MR) is 89.4 cm³/mol. The molecule has 0 aliphatic heterocycles. The fraction of sp³-hybridized carbons (Fsp3) is 0.278. The number of hydrogen-bond donors (Lipinski definition) is 2. The van der Waals surface area contributed by atoms with Crippen LogP contribution in [0.15, 0.2) is 42.5 Å². The normalized spacial score (nSPS) is 11.9. The summed E-state index contributed by atoms with van der Waals surface area (Å²) in [7, 11) is 0. The van der Waals surface area contributed by atoms with Gasteiger partial charge < -0.3 is 15.4 Å². The maximum Gasteiger partial charge on any atom is 0.387 e. The Morgan fingerprint density at radius 2 is 1.84 bits per heavy atom. The smallest absolute Gasteiger partial charge is 0.387 e. The number of ether oxygens (including phenoxy) is 1. The summed E-state index contributed by atoms with van der Waals surface area (Å²) in [5.41, 5.74) is 2.26. The zero-order valence-electron chi connectivity index (χ0n) is 13.9. The van der Waals surface area contributed by atoms with E-state index in [1.165, 1.54) is 11.6 Å². The molecule has 0 fully saturated rings. The van der Waals surface area contributed by atoms with Gasteiger partial charge in [-0.15, -0.1) is 0 Å². The van der Waals surface area contributed by atoms with Crippen molar-refractivity contribution in [3.63, 3.8) is 0 Å². The van der Waals surface area contributed by atoms with Crippen molar-refractivity contribution in [2.75, 3.05) is 5.32 Å². The van der Waals surface area contributed by atoms with Gasteiger partial charge in [-0.1, -0.05) is 31.2 Å². The zero-order chi connectivity index (χ0) is 18.4. The number of alkyl halides is 2. The molecule has 1 atom stereocenters. The Kier molecular flexibility index (Phi) is 6.27. The van der Waals surface area contributed by atoms with Crippen LogP contribution in [0.1, 0.15) is 31.0 Å². The molecule has 7 heteroatoms. The van der Waals surface area contributed by atoms with Crippen LogP contribution in [-0.4, -0.2) is 12.6 Å². The summed E-state index contributed by atoms with van der Waals surface area (Å²) in [6.45, 7) is 0.762. The fourth-order valence-corrected chi connectivity index (χ4v) is 2.26. The lowest BCUT2D eigenvalue weighted by Crippen LogP contribution is -2.31. The van der Waals surface area contributed by atoms with Crippen LogP contribution < -0.4 is 15.4 Å². The molecule has 0 saturated heterocycles. The number of urea groups is 1. The first kappa shape index (κ1) is 18.6. The van der Waals surface area contributed by atoms with Gasteiger partial charge in [0.15, 0.2) is 11.6 Å². The van der Waals surface area contributed by atoms with Crippen molar-refractivity contribution in [3.05, 3.63) is 59.4 Å². The molecule has 0 aliphatic rings. The fourth-order valence-electron chi connectivity index (χ4n) is 2.26. The standard InChI is InChI=1S/C18H19F3N2O2/c1-3-12-4-6-13(7-5-12)11(2)22-18(24)23-14-8-9-16(15(19)10-14)25-17(20)21/h4-11,17H,3H2,1-2H3,(H2,22,23,24). The third-order valence-electron chi connectivity index (χ3n) is 3.64. The summed E-state index contributed by atoms with van der Waals surface area (Å²) in [5, 5.41) is 5.18. The van der Waals surface area contributed by atoms with Crippen LogP contribution in [0.3, 0.4) is 0 Å². The van der Waals surface area contributed by atoms with Crippen LogP contribution in [0, 0.1) is 5.82 Å². The minimum atomic E-state index is -3.11. The molecule has 134 valence electrons. The largest absolute Gasteiger partial charge is 0.432 e. The number of hydrogen-bond acceptors (Lipinski definition) is 2. The second-order valence-electron chi connectivity index (χ2n) is 5.44. The Morgan fingerprint density at radius 3 is 2.40 bits per heavy atom. The number of carbonyl (C=O) groups excluding carboxylic acids is 1. The highest BCUT2D eigenvalue weighted by molar-refractivity contribution is 5.89. The van der Waals surface area contributed by atoms with Crippen LogP contribution in [0.4, 0.5) is 23.7 Å². The van der Waals surface area contributed by atoms with Crippen molar-refractivity contribution in [3.8, 4) is 5.75 Å². The van der Waals surface area contributed by atoms with E-state index in [0.717, 1.165) is 24.1 Å². The molecule has 2 N–H and O–H groups in total. The van der Waals surface area contributed by atoms with E-state index in [1.54, 1.807) is 0 Å². The van der Waals surface area contributed by atoms with Gasteiger partial charge in [-0.25, -0.2) is 9.18 Å². The molecule has 2 amide bonds. The number of anilines is 1. The van der Waals surface area contributed by atoms with Crippen molar-refractivity contribution in [1.82, 2.24) is 5.32 Å². The molecule has 2 aromatic carbocycles. The molecule has 0 aliphatic carbocycles. The Morgan fingerprint density at radius 1 is 1.16 bits per heavy atom. The molecular formula is C18H19F3N2O2. The van der Waals surface area contributed by atoms with Crippen LogP contribution in [0.5, 0.6) is 5.75 Å². The molecule has 0 heterocycles. The lowest BCUT2D eigenvalue weighted by molar-refractivity contribution is -0.0521. The first-order chi connectivity index (χ1) is 11.9. The summed E-state index contributed by atoms with van der Waals surface area (Å²) in [5.74, 6) is -1.56. The summed E-state index contributed by atoms with van der Waals surface area (Å²) < 4.78 is 41.8. The van der Waals surface area contributed by atoms with Crippen LogP contribution >= 0.6 is 0 Å². The van der Waals surface area contributed by atoms with Crippen LogP contribution in [0.2, 0.25) is 0 Å². The first-order valence-corrected chi connectivity index (χ1v) is 7.79. The van der Waals surface area contributed by atoms with E-state index in [0.29, 0.717) is 0 Å². The Balaban J connectivity index is 1.95. The van der Waals surface area contributed by atoms with Gasteiger partial charge in [0.05, 0.1) is 6.04 Å². The Hall–Kier alpha value is -2.70. The number of halogens is 3. The van der Waals surface area contributed by atoms with Gasteiger partial charge in [0.25, 0.3) is 0 Å². The minimum Gasteiger partial charge on any atom is -0.432 e. The SMILES string of the molecule is CCc1ccc(C(C)NC(=O)Nc2ccc(OC(F)F)c(F)c2)cc1. The Labute approximate surface area is 144 Å². The lowest BCUT2D eigenvalue weighted by Gasteiger charge is -2.16. The van der Waals surface area contributed by atoms with E-state index in [1.807, 2.05) is 31.2 Å². The summed E-state index contributed by atoms with van der Waals surface area (Å²) in [4.78, 5) is 12.0. The molecule has 2 rings (SSSR count). The van der Waals surface area contributed by atoms with E-state index in [9.17, 15) is 18.0 Å². The number of amides is 2. The third-order valence-corrected chi connectivity index (χ3v) is 3.64. The minimum absolute atomic E-state index is 0.130. The molecule has 4 nitrogen and oxygen atoms in total. The van der Waals surface area contributed by atoms with Crippen molar-refractivity contribution in [2.24, 2.45) is 0 Å². The number of rotatable bonds is 6. The highest BCUT2D eigenvalue weighted by Crippen LogP contribution is 2.23. The van der Waals surface area contributed by atoms with E-state index in [2.05, 4.69) is 22.3 Å². The molecule has 25 heavy (non-hydrogen) atoms. The molecule has 1 unspecified atom stereocenters. The van der Waals surface area contributed by atoms with Crippen molar-refractivity contribution >= 4 is 11.7 Å². The Bertz CT molecular complexity index is 721. The van der Waals surface area contributed by atoms with Crippen molar-refractivity contribution in [1.29, 1.82) is 0 Å². The second kappa shape index (κ2) is 8.41. The van der Waals surface area contributed by atoms with Gasteiger partial charge in [0.2, 0.25) is 0 Å². The highest BCUT2D eigenvalue weighted by atomic mass is 19.3. The van der Waals surface area contributed by atoms with Crippen molar-refractivity contribution < 1.29 is 22.7 Å². The average Bonchev–Trinajstić information content (AvgIpc) is 2.57. The third kappa shape index (κ3) is 5.41. The van der Waals surface area contributed by atoms with Crippen LogP contribution in [-0.2, 0) is 6.42 Å². The van der Waals surface area contributed by atoms with Gasteiger partial charge in [-0.2, -0.15) is 8.78 Å². The van der Waals surface area contributed by atoms with E-state index in [4.69, 9.17) is 0 Å². The monoisotopic (exact) mass is 352 g/mol. The number of nitrogens with one attached hydrogen (secondary N) is 2. The van der Waals surface area contributed by atoms with E-state index < -0.39 is 24.2 Å².